The van der Waals surface area contributed by atoms with Gasteiger partial charge in [-0.1, -0.05) is 18.9 Å². The van der Waals surface area contributed by atoms with E-state index in [1.807, 2.05) is 11.8 Å². The van der Waals surface area contributed by atoms with Crippen LogP contribution >= 0.6 is 15.9 Å². The summed E-state index contributed by atoms with van der Waals surface area (Å²) in [5.74, 6) is -0.130. The molecule has 0 spiro atoms. The van der Waals surface area contributed by atoms with E-state index < -0.39 is 4.92 Å². The van der Waals surface area contributed by atoms with Crippen molar-refractivity contribution in [2.45, 2.75) is 38.6 Å². The van der Waals surface area contributed by atoms with Crippen LogP contribution in [-0.4, -0.2) is 28.3 Å². The van der Waals surface area contributed by atoms with Gasteiger partial charge in [-0.2, -0.15) is 0 Å². The lowest BCUT2D eigenvalue weighted by atomic mass is 10.1. The summed E-state index contributed by atoms with van der Waals surface area (Å²) in [6.07, 6.45) is 4.33. The molecule has 5 nitrogen and oxygen atoms in total. The molecule has 0 aliphatic heterocycles. The zero-order chi connectivity index (χ0) is 14.7. The molecule has 2 rings (SSSR count). The summed E-state index contributed by atoms with van der Waals surface area (Å²) < 4.78 is 0.270. The van der Waals surface area contributed by atoms with E-state index in [9.17, 15) is 14.9 Å². The first-order valence-electron chi connectivity index (χ1n) is 6.80. The number of amides is 1. The van der Waals surface area contributed by atoms with Crippen LogP contribution in [0.15, 0.2) is 22.7 Å². The van der Waals surface area contributed by atoms with Gasteiger partial charge in [-0.05, 0) is 41.8 Å². The Hall–Kier alpha value is -1.43. The maximum atomic E-state index is 12.6. The topological polar surface area (TPSA) is 63.5 Å². The molecule has 1 fully saturated rings. The lowest BCUT2D eigenvalue weighted by molar-refractivity contribution is -0.385. The van der Waals surface area contributed by atoms with Crippen LogP contribution in [0.3, 0.4) is 0 Å². The van der Waals surface area contributed by atoms with E-state index in [0.717, 1.165) is 25.7 Å². The first-order valence-corrected chi connectivity index (χ1v) is 7.59. The SMILES string of the molecule is CCN(C(=O)c1cccc([N+](=O)[O-])c1Br)C1CCCC1. The summed E-state index contributed by atoms with van der Waals surface area (Å²) in [6, 6.07) is 4.85. The Bertz CT molecular complexity index is 527. The molecule has 0 bridgehead atoms. The van der Waals surface area contributed by atoms with Gasteiger partial charge in [-0.25, -0.2) is 0 Å². The predicted molar refractivity (Wildman–Crippen MR) is 79.8 cm³/mol. The van der Waals surface area contributed by atoms with Gasteiger partial charge >= 0.3 is 0 Å². The van der Waals surface area contributed by atoms with Crippen LogP contribution in [0, 0.1) is 10.1 Å². The second-order valence-electron chi connectivity index (χ2n) is 4.93. The Morgan fingerprint density at radius 2 is 2.10 bits per heavy atom. The molecule has 0 saturated heterocycles. The van der Waals surface area contributed by atoms with Crippen LogP contribution in [0.25, 0.3) is 0 Å². The molecule has 1 aromatic rings. The van der Waals surface area contributed by atoms with Crippen molar-refractivity contribution in [1.82, 2.24) is 4.90 Å². The lowest BCUT2D eigenvalue weighted by Gasteiger charge is -2.28. The van der Waals surface area contributed by atoms with Crippen LogP contribution in [0.4, 0.5) is 5.69 Å². The molecule has 0 unspecified atom stereocenters. The standard InChI is InChI=1S/C14H17BrN2O3/c1-2-16(10-6-3-4-7-10)14(18)11-8-5-9-12(13(11)15)17(19)20/h5,8-10H,2-4,6-7H2,1H3. The molecule has 6 heteroatoms. The summed E-state index contributed by atoms with van der Waals surface area (Å²) in [5.41, 5.74) is 0.297. The molecule has 0 aromatic heterocycles. The minimum absolute atomic E-state index is 0.0710. The van der Waals surface area contributed by atoms with E-state index in [1.165, 1.54) is 6.07 Å². The summed E-state index contributed by atoms with van der Waals surface area (Å²) in [5, 5.41) is 10.9. The largest absolute Gasteiger partial charge is 0.336 e. The molecule has 108 valence electrons. The Labute approximate surface area is 126 Å². The molecule has 0 heterocycles. The van der Waals surface area contributed by atoms with Gasteiger partial charge < -0.3 is 4.90 Å². The first-order chi connectivity index (χ1) is 9.56. The zero-order valence-corrected chi connectivity index (χ0v) is 12.9. The highest BCUT2D eigenvalue weighted by atomic mass is 79.9. The Balaban J connectivity index is 2.32. The van der Waals surface area contributed by atoms with Crippen molar-refractivity contribution >= 4 is 27.5 Å². The maximum Gasteiger partial charge on any atom is 0.284 e. The quantitative estimate of drug-likeness (QED) is 0.619. The number of nitro groups is 1. The fraction of sp³-hybridized carbons (Fsp3) is 0.500. The van der Waals surface area contributed by atoms with Crippen LogP contribution in [0.1, 0.15) is 43.0 Å². The van der Waals surface area contributed by atoms with Crippen molar-refractivity contribution in [2.75, 3.05) is 6.54 Å². The average molecular weight is 341 g/mol. The van der Waals surface area contributed by atoms with E-state index in [1.54, 1.807) is 12.1 Å². The molecule has 0 N–H and O–H groups in total. The number of carbonyl (C=O) groups is 1. The fourth-order valence-electron chi connectivity index (χ4n) is 2.76. The van der Waals surface area contributed by atoms with Crippen LogP contribution in [0.5, 0.6) is 0 Å². The zero-order valence-electron chi connectivity index (χ0n) is 11.3. The summed E-state index contributed by atoms with van der Waals surface area (Å²) in [6.45, 7) is 2.57. The second-order valence-corrected chi connectivity index (χ2v) is 5.72. The molecular weight excluding hydrogens is 324 g/mol. The van der Waals surface area contributed by atoms with Gasteiger partial charge in [-0.3, -0.25) is 14.9 Å². The van der Waals surface area contributed by atoms with Crippen molar-refractivity contribution in [1.29, 1.82) is 0 Å². The molecule has 0 radical (unpaired) electrons. The smallest absolute Gasteiger partial charge is 0.284 e. The molecular formula is C14H17BrN2O3. The molecule has 20 heavy (non-hydrogen) atoms. The fourth-order valence-corrected chi connectivity index (χ4v) is 3.34. The van der Waals surface area contributed by atoms with E-state index >= 15 is 0 Å². The van der Waals surface area contributed by atoms with Gasteiger partial charge in [0, 0.05) is 18.7 Å². The van der Waals surface area contributed by atoms with Crippen molar-refractivity contribution in [3.8, 4) is 0 Å². The number of nitrogens with zero attached hydrogens (tertiary/aromatic N) is 2. The molecule has 1 saturated carbocycles. The number of hydrogen-bond donors (Lipinski definition) is 0. The molecule has 1 aliphatic carbocycles. The highest BCUT2D eigenvalue weighted by Gasteiger charge is 2.29. The minimum atomic E-state index is -0.479. The third kappa shape index (κ3) is 2.85. The average Bonchev–Trinajstić information content (AvgIpc) is 2.93. The van der Waals surface area contributed by atoms with Crippen molar-refractivity contribution < 1.29 is 9.72 Å². The van der Waals surface area contributed by atoms with E-state index in [4.69, 9.17) is 0 Å². The van der Waals surface area contributed by atoms with Gasteiger partial charge in [0.25, 0.3) is 11.6 Å². The maximum absolute atomic E-state index is 12.6. The van der Waals surface area contributed by atoms with Gasteiger partial charge in [-0.15, -0.1) is 0 Å². The van der Waals surface area contributed by atoms with Gasteiger partial charge in [0.2, 0.25) is 0 Å². The monoisotopic (exact) mass is 340 g/mol. The number of benzene rings is 1. The van der Waals surface area contributed by atoms with Crippen LogP contribution in [-0.2, 0) is 0 Å². The number of carbonyl (C=O) groups excluding carboxylic acids is 1. The summed E-state index contributed by atoms with van der Waals surface area (Å²) in [4.78, 5) is 24.9. The Kier molecular flexibility index (Phi) is 4.75. The van der Waals surface area contributed by atoms with Gasteiger partial charge in [0.1, 0.15) is 4.47 Å². The van der Waals surface area contributed by atoms with E-state index in [0.29, 0.717) is 12.1 Å². The molecule has 1 aliphatic rings. The van der Waals surface area contributed by atoms with Crippen LogP contribution < -0.4 is 0 Å². The highest BCUT2D eigenvalue weighted by Crippen LogP contribution is 2.31. The Morgan fingerprint density at radius 3 is 2.65 bits per heavy atom. The number of halogens is 1. The molecule has 1 aromatic carbocycles. The Morgan fingerprint density at radius 1 is 1.45 bits per heavy atom. The van der Waals surface area contributed by atoms with Crippen LogP contribution in [0.2, 0.25) is 0 Å². The van der Waals surface area contributed by atoms with Crippen molar-refractivity contribution in [3.63, 3.8) is 0 Å². The van der Waals surface area contributed by atoms with Crippen molar-refractivity contribution in [3.05, 3.63) is 38.3 Å². The number of rotatable bonds is 4. The second kappa shape index (κ2) is 6.35. The van der Waals surface area contributed by atoms with E-state index in [2.05, 4.69) is 15.9 Å². The summed E-state index contributed by atoms with van der Waals surface area (Å²) in [7, 11) is 0. The molecule has 1 amide bonds. The van der Waals surface area contributed by atoms with E-state index in [-0.39, 0.29) is 22.1 Å². The summed E-state index contributed by atoms with van der Waals surface area (Å²) >= 11 is 3.20. The number of hydrogen-bond acceptors (Lipinski definition) is 3. The first kappa shape index (κ1) is 15.0. The third-order valence-corrected chi connectivity index (χ3v) is 4.61. The number of nitro benzene ring substituents is 1. The lowest BCUT2D eigenvalue weighted by Crippen LogP contribution is -2.38. The third-order valence-electron chi connectivity index (χ3n) is 3.77. The minimum Gasteiger partial charge on any atom is -0.336 e. The van der Waals surface area contributed by atoms with Gasteiger partial charge in [0.05, 0.1) is 10.5 Å². The highest BCUT2D eigenvalue weighted by molar-refractivity contribution is 9.10. The van der Waals surface area contributed by atoms with Gasteiger partial charge in [0.15, 0.2) is 0 Å². The van der Waals surface area contributed by atoms with Crippen molar-refractivity contribution in [2.24, 2.45) is 0 Å². The normalized spacial score (nSPS) is 15.3. The predicted octanol–water partition coefficient (Wildman–Crippen LogP) is 3.76. The molecule has 0 atom stereocenters.